The first-order chi connectivity index (χ1) is 18.9. The summed E-state index contributed by atoms with van der Waals surface area (Å²) in [7, 11) is 3.17. The third-order valence-electron chi connectivity index (χ3n) is 7.31. The number of rotatable bonds is 7. The summed E-state index contributed by atoms with van der Waals surface area (Å²) in [6.07, 6.45) is 1.35. The van der Waals surface area contributed by atoms with Gasteiger partial charge in [0, 0.05) is 35.1 Å². The molecule has 2 aliphatic rings. The summed E-state index contributed by atoms with van der Waals surface area (Å²) < 4.78 is 16.5. The van der Waals surface area contributed by atoms with Gasteiger partial charge in [0.15, 0.2) is 11.5 Å². The van der Waals surface area contributed by atoms with Gasteiger partial charge in [-0.1, -0.05) is 23.7 Å². The van der Waals surface area contributed by atoms with E-state index in [0.717, 1.165) is 22.3 Å². The van der Waals surface area contributed by atoms with Crippen LogP contribution >= 0.6 is 23.2 Å². The van der Waals surface area contributed by atoms with Crippen molar-refractivity contribution < 1.29 is 23.8 Å². The zero-order valence-electron chi connectivity index (χ0n) is 22.1. The fraction of sp³-hybridized carbons (Fsp3) is 0.290. The Morgan fingerprint density at radius 2 is 1.72 bits per heavy atom. The normalized spacial score (nSPS) is 14.1. The van der Waals surface area contributed by atoms with E-state index in [-0.39, 0.29) is 18.4 Å². The molecule has 1 aliphatic carbocycles. The van der Waals surface area contributed by atoms with Crippen LogP contribution in [0.15, 0.2) is 54.1 Å². The first kappa shape index (κ1) is 27.1. The van der Waals surface area contributed by atoms with Crippen LogP contribution in [0.25, 0.3) is 16.7 Å². The number of halogens is 2. The summed E-state index contributed by atoms with van der Waals surface area (Å²) in [5.74, 6) is 0.879. The Labute approximate surface area is 238 Å². The molecule has 0 atom stereocenters. The van der Waals surface area contributed by atoms with Gasteiger partial charge in [0.05, 0.1) is 26.4 Å². The van der Waals surface area contributed by atoms with Crippen molar-refractivity contribution in [3.63, 3.8) is 0 Å². The molecule has 5 rings (SSSR count). The molecule has 202 valence electrons. The highest BCUT2D eigenvalue weighted by Gasteiger charge is 2.35. The number of alkyl halides is 1. The van der Waals surface area contributed by atoms with Crippen LogP contribution in [-0.4, -0.2) is 50.7 Å². The Balaban J connectivity index is 1.63. The van der Waals surface area contributed by atoms with Gasteiger partial charge < -0.3 is 19.1 Å². The third kappa shape index (κ3) is 4.99. The summed E-state index contributed by atoms with van der Waals surface area (Å²) in [4.78, 5) is 28.5. The number of fused-ring (bicyclic) bond motifs is 2. The van der Waals surface area contributed by atoms with Crippen LogP contribution in [0.5, 0.6) is 11.5 Å². The molecule has 1 aliphatic heterocycles. The van der Waals surface area contributed by atoms with E-state index in [1.165, 1.54) is 11.1 Å². The molecule has 0 unspecified atom stereocenters. The molecular formula is C31H29Cl2NO5. The van der Waals surface area contributed by atoms with Crippen LogP contribution < -0.4 is 9.47 Å². The van der Waals surface area contributed by atoms with Crippen LogP contribution in [0.4, 0.5) is 0 Å². The zero-order valence-corrected chi connectivity index (χ0v) is 23.6. The Kier molecular flexibility index (Phi) is 7.87. The zero-order chi connectivity index (χ0) is 27.7. The van der Waals surface area contributed by atoms with Gasteiger partial charge in [0.1, 0.15) is 0 Å². The predicted molar refractivity (Wildman–Crippen MR) is 153 cm³/mol. The number of hydrogen-bond donors (Lipinski definition) is 0. The van der Waals surface area contributed by atoms with Gasteiger partial charge >= 0.3 is 5.97 Å². The number of nitrogens with zero attached hydrogens (tertiary/aromatic N) is 1. The molecule has 0 radical (unpaired) electrons. The molecule has 1 heterocycles. The van der Waals surface area contributed by atoms with Crippen molar-refractivity contribution in [2.45, 2.75) is 25.6 Å². The van der Waals surface area contributed by atoms with Gasteiger partial charge in [-0.15, -0.1) is 11.6 Å². The van der Waals surface area contributed by atoms with Crippen LogP contribution in [0.2, 0.25) is 5.02 Å². The lowest BCUT2D eigenvalue weighted by Crippen LogP contribution is -2.36. The Morgan fingerprint density at radius 1 is 0.974 bits per heavy atom. The SMILES string of the molecule is CCOC(=O)c1c(CCl)cc2c(c1-c1ccc(OC)c(OC)c1)C1=C(C2)CN(C(=O)c2ccc(Cl)cc2)CC1. The number of methoxy groups -OCH3 is 2. The van der Waals surface area contributed by atoms with Gasteiger partial charge in [-0.05, 0) is 89.6 Å². The highest BCUT2D eigenvalue weighted by Crippen LogP contribution is 2.47. The van der Waals surface area contributed by atoms with E-state index >= 15 is 0 Å². The molecule has 0 saturated carbocycles. The molecule has 8 heteroatoms. The van der Waals surface area contributed by atoms with E-state index in [1.807, 2.05) is 29.2 Å². The standard InChI is InChI=1S/C31H29Cl2NO5/c1-4-39-31(36)29-21(16-32)13-20-14-22-17-34(30(35)18-5-8-23(33)9-6-18)12-11-24(22)27(20)28(29)19-7-10-25(37-2)26(15-19)38-3/h5-10,13,15H,4,11-12,14,16-17H2,1-3H3. The van der Waals surface area contributed by atoms with E-state index in [9.17, 15) is 9.59 Å². The van der Waals surface area contributed by atoms with Crippen molar-refractivity contribution in [3.05, 3.63) is 86.9 Å². The second-order valence-electron chi connectivity index (χ2n) is 9.49. The van der Waals surface area contributed by atoms with Crippen molar-refractivity contribution in [1.29, 1.82) is 0 Å². The second-order valence-corrected chi connectivity index (χ2v) is 10.2. The molecular weight excluding hydrogens is 537 g/mol. The maximum Gasteiger partial charge on any atom is 0.339 e. The lowest BCUT2D eigenvalue weighted by molar-refractivity contribution is 0.0526. The Hall–Kier alpha value is -3.48. The number of hydrogen-bond acceptors (Lipinski definition) is 5. The fourth-order valence-corrected chi connectivity index (χ4v) is 5.91. The van der Waals surface area contributed by atoms with E-state index in [0.29, 0.717) is 59.1 Å². The topological polar surface area (TPSA) is 65.1 Å². The molecule has 1 amide bonds. The minimum Gasteiger partial charge on any atom is -0.493 e. The van der Waals surface area contributed by atoms with Gasteiger partial charge in [0.25, 0.3) is 5.91 Å². The van der Waals surface area contributed by atoms with Crippen molar-refractivity contribution in [3.8, 4) is 22.6 Å². The number of carbonyl (C=O) groups is 2. The van der Waals surface area contributed by atoms with Gasteiger partial charge in [-0.3, -0.25) is 4.79 Å². The molecule has 0 spiro atoms. The predicted octanol–water partition coefficient (Wildman–Crippen LogP) is 6.80. The van der Waals surface area contributed by atoms with Gasteiger partial charge in [-0.25, -0.2) is 4.79 Å². The molecule has 6 nitrogen and oxygen atoms in total. The summed E-state index contributed by atoms with van der Waals surface area (Å²) in [5, 5.41) is 0.594. The van der Waals surface area contributed by atoms with Gasteiger partial charge in [-0.2, -0.15) is 0 Å². The van der Waals surface area contributed by atoms with E-state index in [2.05, 4.69) is 0 Å². The maximum absolute atomic E-state index is 13.4. The highest BCUT2D eigenvalue weighted by atomic mass is 35.5. The van der Waals surface area contributed by atoms with Gasteiger partial charge in [0.2, 0.25) is 0 Å². The highest BCUT2D eigenvalue weighted by molar-refractivity contribution is 6.30. The maximum atomic E-state index is 13.4. The molecule has 0 fully saturated rings. The number of benzene rings is 3. The largest absolute Gasteiger partial charge is 0.493 e. The van der Waals surface area contributed by atoms with Crippen LogP contribution in [0, 0.1) is 0 Å². The molecule has 0 aromatic heterocycles. The fourth-order valence-electron chi connectivity index (χ4n) is 5.58. The van der Waals surface area contributed by atoms with Crippen molar-refractivity contribution in [1.82, 2.24) is 4.90 Å². The monoisotopic (exact) mass is 565 g/mol. The van der Waals surface area contributed by atoms with E-state index in [4.69, 9.17) is 37.4 Å². The number of ether oxygens (including phenoxy) is 3. The van der Waals surface area contributed by atoms with Crippen molar-refractivity contribution in [2.24, 2.45) is 0 Å². The lowest BCUT2D eigenvalue weighted by Gasteiger charge is -2.29. The lowest BCUT2D eigenvalue weighted by atomic mass is 9.85. The quantitative estimate of drug-likeness (QED) is 0.233. The van der Waals surface area contributed by atoms with Crippen LogP contribution in [-0.2, 0) is 17.0 Å². The number of esters is 1. The minimum absolute atomic E-state index is 0.0250. The smallest absolute Gasteiger partial charge is 0.339 e. The molecule has 0 bridgehead atoms. The molecule has 0 saturated heterocycles. The first-order valence-electron chi connectivity index (χ1n) is 12.8. The Bertz CT molecular complexity index is 1480. The summed E-state index contributed by atoms with van der Waals surface area (Å²) in [5.41, 5.74) is 7.83. The second kappa shape index (κ2) is 11.3. The minimum atomic E-state index is -0.412. The summed E-state index contributed by atoms with van der Waals surface area (Å²) in [6.45, 7) is 3.12. The molecule has 3 aromatic carbocycles. The molecule has 39 heavy (non-hydrogen) atoms. The van der Waals surface area contributed by atoms with Crippen LogP contribution in [0.1, 0.15) is 50.8 Å². The average Bonchev–Trinajstić information content (AvgIpc) is 3.33. The Morgan fingerprint density at radius 3 is 2.38 bits per heavy atom. The molecule has 0 N–H and O–H groups in total. The first-order valence-corrected chi connectivity index (χ1v) is 13.7. The third-order valence-corrected chi connectivity index (χ3v) is 7.85. The van der Waals surface area contributed by atoms with Crippen molar-refractivity contribution >= 4 is 40.7 Å². The van der Waals surface area contributed by atoms with E-state index < -0.39 is 5.97 Å². The molecule has 3 aromatic rings. The number of amides is 1. The average molecular weight is 566 g/mol. The summed E-state index contributed by atoms with van der Waals surface area (Å²) in [6, 6.07) is 14.6. The van der Waals surface area contributed by atoms with Crippen molar-refractivity contribution in [2.75, 3.05) is 33.9 Å². The van der Waals surface area contributed by atoms with E-state index in [1.54, 1.807) is 45.4 Å². The summed E-state index contributed by atoms with van der Waals surface area (Å²) >= 11 is 12.4. The number of carbonyl (C=O) groups excluding carboxylic acids is 2. The van der Waals surface area contributed by atoms with Crippen LogP contribution in [0.3, 0.4) is 0 Å².